The van der Waals surface area contributed by atoms with Gasteiger partial charge in [-0.15, -0.1) is 10.3 Å². The maximum atomic E-state index is 10.0. The normalized spacial score (nSPS) is 9.02. The second kappa shape index (κ2) is 119. The summed E-state index contributed by atoms with van der Waals surface area (Å²) in [6, 6.07) is 8.81. The van der Waals surface area contributed by atoms with Gasteiger partial charge in [-0.3, -0.25) is 0 Å². The number of nitrogens with one attached hydrogen (secondary N) is 3. The average molecular weight is 1250 g/mol. The lowest BCUT2D eigenvalue weighted by Gasteiger charge is -1.97. The van der Waals surface area contributed by atoms with Crippen LogP contribution in [0, 0.1) is 0 Å². The number of carbonyl (C=O) groups is 3. The maximum absolute atomic E-state index is 10.0. The monoisotopic (exact) mass is 1250 g/mol. The fourth-order valence-corrected chi connectivity index (χ4v) is 2.13. The highest BCUT2D eigenvalue weighted by Crippen LogP contribution is 2.07. The third-order valence-corrected chi connectivity index (χ3v) is 4.60. The van der Waals surface area contributed by atoms with E-state index in [0.29, 0.717) is 18.9 Å². The van der Waals surface area contributed by atoms with Gasteiger partial charge >= 0.3 is 18.0 Å². The van der Waals surface area contributed by atoms with Crippen molar-refractivity contribution in [3.05, 3.63) is 30.3 Å². The van der Waals surface area contributed by atoms with E-state index in [1.54, 1.807) is 107 Å². The molecule has 0 fully saturated rings. The van der Waals surface area contributed by atoms with Gasteiger partial charge in [0.2, 0.25) is 0 Å². The summed E-state index contributed by atoms with van der Waals surface area (Å²) < 4.78 is 0. The van der Waals surface area contributed by atoms with Crippen LogP contribution in [-0.4, -0.2) is 161 Å². The SMILES string of the molecule is C/C=N/N.C/C=N/NC.C/C=N/NC(N)=O.C/C=N/NCC.C/C=N/O.C/C=N/OC.C/C=N/OC(C)=O.C/C=N/OC(C)C.C/C=N/OCC.C/C=N/Oc1ccccc1.CC(=O)ON=C(C)C.CC(C)=NO.CCON=C(C)C.CON=C(C)C. The van der Waals surface area contributed by atoms with Crippen molar-refractivity contribution in [1.82, 2.24) is 16.3 Å². The van der Waals surface area contributed by atoms with Crippen molar-refractivity contribution in [3.8, 4) is 5.75 Å². The molecule has 32 nitrogen and oxygen atoms in total. The Morgan fingerprint density at radius 1 is 0.540 bits per heavy atom. The molecule has 87 heavy (non-hydrogen) atoms. The van der Waals surface area contributed by atoms with Gasteiger partial charge in [0.05, 0.1) is 22.8 Å². The van der Waals surface area contributed by atoms with E-state index in [2.05, 4.69) is 123 Å². The van der Waals surface area contributed by atoms with Crippen LogP contribution in [0.25, 0.3) is 0 Å². The fraction of sp³-hybridized carbons (Fsp3) is 0.582. The Balaban J connectivity index is -0.0000000620. The Kier molecular flexibility index (Phi) is 150. The van der Waals surface area contributed by atoms with Crippen molar-refractivity contribution in [1.29, 1.82) is 0 Å². The second-order valence-electron chi connectivity index (χ2n) is 14.1. The molecule has 32 heteroatoms. The smallest absolute Gasteiger partial charge is 0.332 e. The standard InChI is InChI=1S/C8H9NO.C5H9NO2.2C5H11NO.C4H10N2.C4H7NO2.2C4H9NO.C3H7N3O.C3H8N2.2C3H7NO.C2H6N2.C2H5NO/c1-2-9-10-8-6-4-3-5-7-8;1-4(2)6-8-5(3)7;1-4-7-6-5(2)3;1-4-6-7-5(2)3;1-3-5-6-4-2;1-3-5-7-4(2)6;1-4(2)5-6-3;1-3-5-6-4-2;1-2-5-6-3(4)7;1-3-5-4-2;1-3-4-5-2;1-3(2)4-5;1-2-4-3;1-2-3-4/h2-7H,1H3;1-3H3;4H2,1-3H3;4-5H,1-3H3;3,6H,4H2,1-2H3;3H,1-2H3;1-3H3;3H,4H2,1-2H3;2H,1H3,(H3,4,6,7);3-4H,1-2H3;3H,1-2H3;5H,1-2H3;2H,3H2,1H3;2,4H,1H3/b9-2+;;;6-4+;2*5-3+;;5-3+;5-2+;5-3+;4-3+;;4-2+;3-2+. The molecule has 2 amide bonds. The third kappa shape index (κ3) is 259. The number of hydrazone groups is 4. The Hall–Kier alpha value is -9.39. The van der Waals surface area contributed by atoms with Crippen LogP contribution >= 0.6 is 0 Å². The van der Waals surface area contributed by atoms with E-state index in [9.17, 15) is 14.4 Å². The van der Waals surface area contributed by atoms with Gasteiger partial charge in [-0.2, -0.15) is 20.4 Å². The Morgan fingerprint density at radius 2 is 0.966 bits per heavy atom. The summed E-state index contributed by atoms with van der Waals surface area (Å²) in [5.74, 6) is 4.59. The quantitative estimate of drug-likeness (QED) is 0.0266. The third-order valence-electron chi connectivity index (χ3n) is 4.60. The zero-order chi connectivity index (χ0) is 70.6. The van der Waals surface area contributed by atoms with Crippen LogP contribution in [0.3, 0.4) is 0 Å². The summed E-state index contributed by atoms with van der Waals surface area (Å²) in [5.41, 5.74) is 15.3. The molecular weight excluding hydrogens is 1130 g/mol. The molecule has 0 unspecified atom stereocenters. The Bertz CT molecular complexity index is 1850. The average Bonchev–Trinajstić information content (AvgIpc) is 3.49. The zero-order valence-electron chi connectivity index (χ0n) is 57.7. The molecule has 0 atom stereocenters. The van der Waals surface area contributed by atoms with Crippen LogP contribution in [-0.2, 0) is 43.5 Å². The molecule has 1 aromatic rings. The lowest BCUT2D eigenvalue weighted by atomic mass is 10.3. The molecule has 508 valence electrons. The predicted octanol–water partition coefficient (Wildman–Crippen LogP) is 10.9. The van der Waals surface area contributed by atoms with Gasteiger partial charge < -0.3 is 71.5 Å². The number of oxime groups is 10. The molecule has 9 N–H and O–H groups in total. The molecule has 0 aliphatic carbocycles. The van der Waals surface area contributed by atoms with Gasteiger partial charge in [-0.05, 0) is 171 Å². The molecule has 1 aromatic carbocycles. The van der Waals surface area contributed by atoms with E-state index in [1.807, 2.05) is 133 Å². The van der Waals surface area contributed by atoms with Crippen molar-refractivity contribution >= 4 is 103 Å². The van der Waals surface area contributed by atoms with Crippen LogP contribution < -0.4 is 32.7 Å². The summed E-state index contributed by atoms with van der Waals surface area (Å²) in [4.78, 5) is 65.6. The number of benzene rings is 1. The number of hydrogen-bond acceptors (Lipinski definition) is 30. The summed E-state index contributed by atoms with van der Waals surface area (Å²) in [6.45, 7) is 46.7. The zero-order valence-corrected chi connectivity index (χ0v) is 57.7. The van der Waals surface area contributed by atoms with Gasteiger partial charge in [-0.1, -0.05) is 59.4 Å². The van der Waals surface area contributed by atoms with Crippen molar-refractivity contribution in [2.75, 3.05) is 41.0 Å². The molecule has 0 aliphatic rings. The highest BCUT2D eigenvalue weighted by molar-refractivity contribution is 5.80. The number of hydrogen-bond donors (Lipinski definition) is 7. The highest BCUT2D eigenvalue weighted by atomic mass is 16.7. The van der Waals surface area contributed by atoms with E-state index in [4.69, 9.17) is 20.1 Å². The van der Waals surface area contributed by atoms with Crippen LogP contribution in [0.1, 0.15) is 173 Å². The predicted molar refractivity (Wildman–Crippen MR) is 364 cm³/mol. The molecule has 0 spiro atoms. The van der Waals surface area contributed by atoms with Crippen molar-refractivity contribution in [2.45, 2.75) is 179 Å². The first kappa shape index (κ1) is 109. The molecule has 0 bridgehead atoms. The number of urea groups is 1. The Morgan fingerprint density at radius 3 is 1.11 bits per heavy atom. The van der Waals surface area contributed by atoms with E-state index < -0.39 is 12.0 Å². The molecule has 0 aromatic heterocycles. The first-order valence-corrected chi connectivity index (χ1v) is 26.5. The van der Waals surface area contributed by atoms with Gasteiger partial charge in [0, 0.05) is 89.6 Å². The fourth-order valence-electron chi connectivity index (χ4n) is 2.13. The first-order chi connectivity index (χ1) is 41.2. The van der Waals surface area contributed by atoms with Crippen LogP contribution in [0.5, 0.6) is 5.75 Å². The summed E-state index contributed by atoms with van der Waals surface area (Å²) in [6.07, 6.45) is 15.7. The minimum Gasteiger partial charge on any atom is -0.411 e. The Labute approximate surface area is 521 Å². The van der Waals surface area contributed by atoms with Crippen molar-refractivity contribution < 1.29 is 63.5 Å². The van der Waals surface area contributed by atoms with Gasteiger partial charge in [0.25, 0.3) is 0 Å². The molecule has 0 saturated heterocycles. The summed E-state index contributed by atoms with van der Waals surface area (Å²) in [7, 11) is 4.81. The first-order valence-electron chi connectivity index (χ1n) is 26.5. The number of primary amides is 1. The molecule has 0 radical (unpaired) electrons. The highest BCUT2D eigenvalue weighted by Gasteiger charge is 1.87. The van der Waals surface area contributed by atoms with Gasteiger partial charge in [0.15, 0.2) is 5.75 Å². The lowest BCUT2D eigenvalue weighted by Crippen LogP contribution is -2.24. The maximum Gasteiger partial charge on any atom is 0.332 e. The second-order valence-corrected chi connectivity index (χ2v) is 14.1. The number of para-hydroxylation sites is 1. The number of amides is 2. The number of carbonyl (C=O) groups excluding carboxylic acids is 3. The van der Waals surface area contributed by atoms with Crippen molar-refractivity contribution in [2.24, 2.45) is 83.5 Å². The van der Waals surface area contributed by atoms with Gasteiger partial charge in [0.1, 0.15) is 33.5 Å². The minimum absolute atomic E-state index is 0.205. The molecule has 0 heterocycles. The largest absolute Gasteiger partial charge is 0.411 e. The topological polar surface area (TPSA) is 427 Å². The number of rotatable bonds is 16. The molecule has 0 aliphatic heterocycles. The lowest BCUT2D eigenvalue weighted by molar-refractivity contribution is -0.141. The van der Waals surface area contributed by atoms with E-state index >= 15 is 0 Å². The van der Waals surface area contributed by atoms with E-state index in [0.717, 1.165) is 29.4 Å². The van der Waals surface area contributed by atoms with Crippen LogP contribution in [0.4, 0.5) is 4.79 Å². The number of nitrogens with two attached hydrogens (primary N) is 2. The van der Waals surface area contributed by atoms with Gasteiger partial charge in [-0.25, -0.2) is 19.8 Å². The molecular formula is C55H115N19O13. The van der Waals surface area contributed by atoms with E-state index in [1.165, 1.54) is 52.9 Å². The molecule has 1 rings (SSSR count). The molecule has 0 saturated carbocycles. The number of nitrogens with zero attached hydrogens (tertiary/aromatic N) is 14. The van der Waals surface area contributed by atoms with Crippen LogP contribution in [0.2, 0.25) is 0 Å². The van der Waals surface area contributed by atoms with E-state index in [-0.39, 0.29) is 12.1 Å². The van der Waals surface area contributed by atoms with Crippen molar-refractivity contribution in [3.63, 3.8) is 0 Å². The minimum atomic E-state index is -0.641. The summed E-state index contributed by atoms with van der Waals surface area (Å²) >= 11 is 0. The summed E-state index contributed by atoms with van der Waals surface area (Å²) in [5, 5.41) is 62.1. The van der Waals surface area contributed by atoms with Crippen LogP contribution in [0.15, 0.2) is 102 Å².